The number of hydrogen-bond acceptors (Lipinski definition) is 8. The van der Waals surface area contributed by atoms with Crippen molar-refractivity contribution in [2.24, 2.45) is 22.2 Å². The fourth-order valence-electron chi connectivity index (χ4n) is 4.22. The van der Waals surface area contributed by atoms with Crippen molar-refractivity contribution in [2.75, 3.05) is 30.6 Å². The third-order valence-electron chi connectivity index (χ3n) is 6.50. The highest BCUT2D eigenvalue weighted by Crippen LogP contribution is 2.19. The monoisotopic (exact) mass is 622 g/mol. The average Bonchev–Trinajstić information content (AvgIpc) is 3.36. The second-order valence-corrected chi connectivity index (χ2v) is 11.7. The number of para-hydroxylation sites is 1. The number of carbonyl (C=O) groups is 4. The Balaban J connectivity index is 2.15. The van der Waals surface area contributed by atoms with Gasteiger partial charge in [0.05, 0.1) is 6.04 Å². The first-order valence-corrected chi connectivity index (χ1v) is 16.3. The first-order valence-electron chi connectivity index (χ1n) is 13.5. The number of nitrogens with zero attached hydrogens (tertiary/aromatic N) is 1. The van der Waals surface area contributed by atoms with Crippen molar-refractivity contribution in [3.8, 4) is 0 Å². The van der Waals surface area contributed by atoms with E-state index in [0.717, 1.165) is 16.5 Å². The minimum absolute atomic E-state index is 0.0935. The third-order valence-corrected chi connectivity index (χ3v) is 7.79. The van der Waals surface area contributed by atoms with Gasteiger partial charge in [-0.15, -0.1) is 0 Å². The lowest BCUT2D eigenvalue weighted by Gasteiger charge is -2.25. The maximum Gasteiger partial charge on any atom is 0.326 e. The number of fused-ring (bicyclic) bond motifs is 1. The van der Waals surface area contributed by atoms with Crippen LogP contribution in [0.2, 0.25) is 0 Å². The molecule has 0 bridgehead atoms. The van der Waals surface area contributed by atoms with E-state index in [-0.39, 0.29) is 38.2 Å². The normalized spacial score (nSPS) is 13.9. The lowest BCUT2D eigenvalue weighted by atomic mass is 10.0. The van der Waals surface area contributed by atoms with E-state index in [0.29, 0.717) is 17.9 Å². The van der Waals surface area contributed by atoms with E-state index in [1.54, 1.807) is 6.20 Å². The highest BCUT2D eigenvalue weighted by atomic mass is 32.2. The van der Waals surface area contributed by atoms with E-state index in [1.165, 1.54) is 23.5 Å². The molecule has 232 valence electrons. The number of guanidine groups is 1. The van der Waals surface area contributed by atoms with Gasteiger partial charge in [0, 0.05) is 23.6 Å². The smallest absolute Gasteiger partial charge is 0.326 e. The topological polar surface area (TPSA) is 231 Å². The number of rotatable bonds is 19. The standard InChI is InChI=1S/C27H42N8O5S2/c1-41-12-9-21(25(38)35-22(26(39)40)10-13-42-2)34-24(37)20(8-5-11-31-27(29)30)33-23(36)18(28)14-16-15-32-19-7-4-3-6-17(16)19/h3-4,6-7,15,18,20-22,32H,5,8-14,28H2,1-2H3,(H,33,36)(H,34,37)(H,35,38)(H,39,40)(H4,29,30,31). The largest absolute Gasteiger partial charge is 0.480 e. The second kappa shape index (κ2) is 18.2. The molecule has 0 radical (unpaired) electrons. The quantitative estimate of drug-likeness (QED) is 0.0600. The third kappa shape index (κ3) is 11.4. The van der Waals surface area contributed by atoms with Crippen LogP contribution in [0.3, 0.4) is 0 Å². The van der Waals surface area contributed by atoms with Crippen molar-refractivity contribution >= 4 is 64.1 Å². The first kappa shape index (κ1) is 34.8. The van der Waals surface area contributed by atoms with Gasteiger partial charge in [0.15, 0.2) is 5.96 Å². The van der Waals surface area contributed by atoms with Gasteiger partial charge in [0.1, 0.15) is 18.1 Å². The number of carbonyl (C=O) groups excluding carboxylic acids is 3. The summed E-state index contributed by atoms with van der Waals surface area (Å²) in [4.78, 5) is 58.4. The van der Waals surface area contributed by atoms with Crippen molar-refractivity contribution in [1.82, 2.24) is 20.9 Å². The minimum Gasteiger partial charge on any atom is -0.480 e. The highest BCUT2D eigenvalue weighted by Gasteiger charge is 2.30. The van der Waals surface area contributed by atoms with Crippen molar-refractivity contribution < 1.29 is 24.3 Å². The van der Waals surface area contributed by atoms with E-state index >= 15 is 0 Å². The molecule has 4 atom stereocenters. The van der Waals surface area contributed by atoms with E-state index in [1.807, 2.05) is 36.8 Å². The Labute approximate surface area is 254 Å². The van der Waals surface area contributed by atoms with Gasteiger partial charge in [-0.3, -0.25) is 19.4 Å². The number of nitrogens with one attached hydrogen (secondary N) is 4. The maximum atomic E-state index is 13.4. The van der Waals surface area contributed by atoms with Gasteiger partial charge in [-0.05, 0) is 67.8 Å². The zero-order chi connectivity index (χ0) is 31.1. The van der Waals surface area contributed by atoms with Crippen LogP contribution in [-0.2, 0) is 25.6 Å². The summed E-state index contributed by atoms with van der Waals surface area (Å²) in [5.41, 5.74) is 18.8. The van der Waals surface area contributed by atoms with Crippen molar-refractivity contribution in [2.45, 2.75) is 56.3 Å². The van der Waals surface area contributed by atoms with Crippen molar-refractivity contribution in [1.29, 1.82) is 0 Å². The van der Waals surface area contributed by atoms with Crippen LogP contribution in [0, 0.1) is 0 Å². The van der Waals surface area contributed by atoms with Crippen molar-refractivity contribution in [3.05, 3.63) is 36.0 Å². The summed E-state index contributed by atoms with van der Waals surface area (Å²) < 4.78 is 0. The number of aliphatic imine (C=N–C) groups is 1. The predicted molar refractivity (Wildman–Crippen MR) is 169 cm³/mol. The zero-order valence-electron chi connectivity index (χ0n) is 23.9. The molecular weight excluding hydrogens is 580 g/mol. The molecule has 2 aromatic rings. The summed E-state index contributed by atoms with van der Waals surface area (Å²) in [5, 5.41) is 18.4. The maximum absolute atomic E-state index is 13.4. The van der Waals surface area contributed by atoms with E-state index in [4.69, 9.17) is 17.2 Å². The molecule has 0 fully saturated rings. The first-order chi connectivity index (χ1) is 20.1. The van der Waals surface area contributed by atoms with Gasteiger partial charge in [0.25, 0.3) is 0 Å². The van der Waals surface area contributed by atoms with Crippen LogP contribution in [0.5, 0.6) is 0 Å². The van der Waals surface area contributed by atoms with Gasteiger partial charge in [-0.25, -0.2) is 4.79 Å². The Morgan fingerprint density at radius 2 is 1.48 bits per heavy atom. The number of amides is 3. The zero-order valence-corrected chi connectivity index (χ0v) is 25.6. The molecule has 1 heterocycles. The molecule has 13 nitrogen and oxygen atoms in total. The second-order valence-electron chi connectivity index (χ2n) is 9.70. The number of nitrogens with two attached hydrogens (primary N) is 3. The number of aromatic nitrogens is 1. The summed E-state index contributed by atoms with van der Waals surface area (Å²) >= 11 is 2.95. The predicted octanol–water partition coefficient (Wildman–Crippen LogP) is 0.137. The summed E-state index contributed by atoms with van der Waals surface area (Å²) in [5.74, 6) is -1.89. The molecule has 1 aromatic heterocycles. The SMILES string of the molecule is CSCCC(NC(=O)C(CCSC)NC(=O)C(CCCN=C(N)N)NC(=O)C(N)Cc1c[nH]c2ccccc12)C(=O)O. The molecule has 15 heteroatoms. The number of benzene rings is 1. The van der Waals surface area contributed by atoms with Crippen LogP contribution in [0.25, 0.3) is 10.9 Å². The molecule has 0 aliphatic rings. The molecule has 2 rings (SSSR count). The fraction of sp³-hybridized carbons (Fsp3) is 0.519. The lowest BCUT2D eigenvalue weighted by molar-refractivity contribution is -0.142. The Hall–Kier alpha value is -3.43. The molecule has 0 aliphatic heterocycles. The van der Waals surface area contributed by atoms with Gasteiger partial charge in [-0.2, -0.15) is 23.5 Å². The van der Waals surface area contributed by atoms with Crippen LogP contribution < -0.4 is 33.2 Å². The number of aliphatic carboxylic acids is 1. The number of H-pyrrole nitrogens is 1. The summed E-state index contributed by atoms with van der Waals surface area (Å²) in [7, 11) is 0. The summed E-state index contributed by atoms with van der Waals surface area (Å²) in [6.07, 6.45) is 6.79. The number of thioether (sulfide) groups is 2. The number of carboxylic acids is 1. The minimum atomic E-state index is -1.15. The van der Waals surface area contributed by atoms with Crippen LogP contribution in [0.4, 0.5) is 0 Å². The Kier molecular flexibility index (Phi) is 15.1. The number of hydrogen-bond donors (Lipinski definition) is 8. The van der Waals surface area contributed by atoms with E-state index < -0.39 is 47.9 Å². The molecule has 0 saturated carbocycles. The van der Waals surface area contributed by atoms with Crippen molar-refractivity contribution in [3.63, 3.8) is 0 Å². The average molecular weight is 623 g/mol. The van der Waals surface area contributed by atoms with Crippen LogP contribution in [0.1, 0.15) is 31.2 Å². The van der Waals surface area contributed by atoms with Gasteiger partial charge >= 0.3 is 5.97 Å². The molecule has 1 aromatic carbocycles. The summed E-state index contributed by atoms with van der Waals surface area (Å²) in [6.45, 7) is 0.232. The molecule has 0 saturated heterocycles. The molecule has 11 N–H and O–H groups in total. The lowest BCUT2D eigenvalue weighted by Crippen LogP contribution is -2.57. The van der Waals surface area contributed by atoms with Gasteiger partial charge in [-0.1, -0.05) is 18.2 Å². The van der Waals surface area contributed by atoms with Gasteiger partial charge in [0.2, 0.25) is 17.7 Å². The number of aromatic amines is 1. The van der Waals surface area contributed by atoms with Crippen LogP contribution >= 0.6 is 23.5 Å². The molecule has 0 spiro atoms. The molecule has 3 amide bonds. The molecule has 0 aliphatic carbocycles. The fourth-order valence-corrected chi connectivity index (χ4v) is 5.17. The molecule has 4 unspecified atom stereocenters. The Morgan fingerprint density at radius 3 is 2.10 bits per heavy atom. The van der Waals surface area contributed by atoms with Crippen LogP contribution in [-0.4, -0.2) is 94.5 Å². The number of carboxylic acid groups (broad SMARTS) is 1. The summed E-state index contributed by atoms with van der Waals surface area (Å²) in [6, 6.07) is 3.59. The Morgan fingerprint density at radius 1 is 0.905 bits per heavy atom. The highest BCUT2D eigenvalue weighted by molar-refractivity contribution is 7.98. The Bertz CT molecular complexity index is 1220. The van der Waals surface area contributed by atoms with Crippen LogP contribution in [0.15, 0.2) is 35.5 Å². The molecular formula is C27H42N8O5S2. The van der Waals surface area contributed by atoms with Gasteiger partial charge < -0.3 is 43.2 Å². The van der Waals surface area contributed by atoms with E-state index in [2.05, 4.69) is 25.9 Å². The molecule has 42 heavy (non-hydrogen) atoms. The van der Waals surface area contributed by atoms with E-state index in [9.17, 15) is 24.3 Å².